The van der Waals surface area contributed by atoms with Gasteiger partial charge in [0, 0.05) is 40.6 Å². The predicted molar refractivity (Wildman–Crippen MR) is 127 cm³/mol. The number of carbonyl (C=O) groups is 2. The number of rotatable bonds is 5. The topological polar surface area (TPSA) is 61.4 Å². The number of anilines is 1. The van der Waals surface area contributed by atoms with E-state index >= 15 is 0 Å². The number of carbonyl (C=O) groups excluding carboxylic acids is 2. The fraction of sp³-hybridized carbons (Fsp3) is 0.200. The van der Waals surface area contributed by atoms with E-state index in [1.54, 1.807) is 22.3 Å². The molecule has 158 valence electrons. The summed E-state index contributed by atoms with van der Waals surface area (Å²) in [5, 5.41) is 5.97. The monoisotopic (exact) mass is 431 g/mol. The van der Waals surface area contributed by atoms with Crippen LogP contribution in [0.1, 0.15) is 17.7 Å². The van der Waals surface area contributed by atoms with Gasteiger partial charge in [0.2, 0.25) is 5.91 Å². The van der Waals surface area contributed by atoms with Crippen molar-refractivity contribution in [3.63, 3.8) is 0 Å². The third-order valence-corrected chi connectivity index (χ3v) is 6.34. The van der Waals surface area contributed by atoms with Crippen molar-refractivity contribution in [1.29, 1.82) is 0 Å². The van der Waals surface area contributed by atoms with Gasteiger partial charge >= 0.3 is 6.03 Å². The van der Waals surface area contributed by atoms with Crippen LogP contribution in [0.15, 0.2) is 78.9 Å². The summed E-state index contributed by atoms with van der Waals surface area (Å²) >= 11 is 1.66. The van der Waals surface area contributed by atoms with Gasteiger partial charge in [0.15, 0.2) is 0 Å². The van der Waals surface area contributed by atoms with E-state index in [1.807, 2.05) is 60.7 Å². The molecule has 5 nitrogen and oxygen atoms in total. The number of urea groups is 1. The van der Waals surface area contributed by atoms with E-state index < -0.39 is 0 Å². The maximum atomic E-state index is 12.4. The SMILES string of the molecule is O=C(/C=C/c1ccc(-c2ccccc2)s1)NC1CCN(C(=O)Nc2ccccc2)CC1. The second kappa shape index (κ2) is 10.1. The van der Waals surface area contributed by atoms with Crippen LogP contribution in [0.3, 0.4) is 0 Å². The summed E-state index contributed by atoms with van der Waals surface area (Å²) in [6.07, 6.45) is 4.95. The molecule has 0 radical (unpaired) electrons. The zero-order valence-electron chi connectivity index (χ0n) is 17.2. The molecule has 0 spiro atoms. The van der Waals surface area contributed by atoms with Gasteiger partial charge in [-0.15, -0.1) is 11.3 Å². The molecule has 0 atom stereocenters. The number of thiophene rings is 1. The number of nitrogens with zero attached hydrogens (tertiary/aromatic N) is 1. The average Bonchev–Trinajstić information content (AvgIpc) is 3.29. The molecule has 4 rings (SSSR count). The van der Waals surface area contributed by atoms with Crippen LogP contribution >= 0.6 is 11.3 Å². The van der Waals surface area contributed by atoms with Crippen molar-refractivity contribution in [2.24, 2.45) is 0 Å². The quantitative estimate of drug-likeness (QED) is 0.543. The molecule has 1 aromatic heterocycles. The smallest absolute Gasteiger partial charge is 0.321 e. The molecule has 6 heteroatoms. The first kappa shape index (κ1) is 20.9. The lowest BCUT2D eigenvalue weighted by Crippen LogP contribution is -2.47. The van der Waals surface area contributed by atoms with E-state index in [9.17, 15) is 9.59 Å². The third-order valence-electron chi connectivity index (χ3n) is 5.24. The Hall–Kier alpha value is -3.38. The Kier molecular flexibility index (Phi) is 6.79. The van der Waals surface area contributed by atoms with E-state index in [0.29, 0.717) is 13.1 Å². The van der Waals surface area contributed by atoms with Gasteiger partial charge in [0.25, 0.3) is 0 Å². The molecule has 0 unspecified atom stereocenters. The Morgan fingerprint density at radius 2 is 1.58 bits per heavy atom. The number of nitrogens with one attached hydrogen (secondary N) is 2. The first-order chi connectivity index (χ1) is 15.2. The normalized spacial score (nSPS) is 14.5. The van der Waals surface area contributed by atoms with Crippen LogP contribution in [0.25, 0.3) is 16.5 Å². The molecule has 1 saturated heterocycles. The fourth-order valence-electron chi connectivity index (χ4n) is 3.56. The number of likely N-dealkylation sites (tertiary alicyclic amines) is 1. The molecule has 1 aliphatic rings. The number of piperidine rings is 1. The van der Waals surface area contributed by atoms with Gasteiger partial charge in [-0.25, -0.2) is 4.79 Å². The summed E-state index contributed by atoms with van der Waals surface area (Å²) in [5.41, 5.74) is 1.97. The standard InChI is InChI=1S/C25H25N3O2S/c29-24(14-12-22-11-13-23(31-22)19-7-3-1-4-8-19)26-21-15-17-28(18-16-21)25(30)27-20-9-5-2-6-10-20/h1-14,21H,15-18H2,(H,26,29)(H,27,30)/b14-12+. The number of para-hydroxylation sites is 1. The zero-order valence-corrected chi connectivity index (χ0v) is 18.0. The lowest BCUT2D eigenvalue weighted by atomic mass is 10.1. The van der Waals surface area contributed by atoms with Crippen molar-refractivity contribution in [2.45, 2.75) is 18.9 Å². The summed E-state index contributed by atoms with van der Waals surface area (Å²) in [5.74, 6) is -0.0955. The zero-order chi connectivity index (χ0) is 21.5. The van der Waals surface area contributed by atoms with Gasteiger partial charge in [-0.1, -0.05) is 48.5 Å². The lowest BCUT2D eigenvalue weighted by molar-refractivity contribution is -0.117. The maximum absolute atomic E-state index is 12.4. The molecule has 0 aliphatic carbocycles. The predicted octanol–water partition coefficient (Wildman–Crippen LogP) is 5.24. The summed E-state index contributed by atoms with van der Waals surface area (Å²) in [4.78, 5) is 28.7. The molecular weight excluding hydrogens is 406 g/mol. The molecule has 2 N–H and O–H groups in total. The van der Waals surface area contributed by atoms with Crippen LogP contribution in [0.4, 0.5) is 10.5 Å². The van der Waals surface area contributed by atoms with Crippen molar-refractivity contribution >= 4 is 35.0 Å². The third kappa shape index (κ3) is 5.83. The van der Waals surface area contributed by atoms with Crippen molar-refractivity contribution in [3.05, 3.63) is 83.7 Å². The highest BCUT2D eigenvalue weighted by atomic mass is 32.1. The molecule has 1 fully saturated rings. The Balaban J connectivity index is 1.23. The molecule has 31 heavy (non-hydrogen) atoms. The van der Waals surface area contributed by atoms with Crippen LogP contribution < -0.4 is 10.6 Å². The molecule has 0 saturated carbocycles. The maximum Gasteiger partial charge on any atom is 0.321 e. The minimum atomic E-state index is -0.0955. The fourth-order valence-corrected chi connectivity index (χ4v) is 4.47. The highest BCUT2D eigenvalue weighted by Gasteiger charge is 2.23. The van der Waals surface area contributed by atoms with Crippen LogP contribution in [0.2, 0.25) is 0 Å². The summed E-state index contributed by atoms with van der Waals surface area (Å²) in [6, 6.07) is 23.7. The van der Waals surface area contributed by atoms with Crippen LogP contribution in [0, 0.1) is 0 Å². The highest BCUT2D eigenvalue weighted by Crippen LogP contribution is 2.28. The van der Waals surface area contributed by atoms with Crippen molar-refractivity contribution in [3.8, 4) is 10.4 Å². The Morgan fingerprint density at radius 3 is 2.29 bits per heavy atom. The van der Waals surface area contributed by atoms with E-state index in [4.69, 9.17) is 0 Å². The molecule has 3 amide bonds. The van der Waals surface area contributed by atoms with Crippen LogP contribution in [0.5, 0.6) is 0 Å². The van der Waals surface area contributed by atoms with Crippen molar-refractivity contribution in [1.82, 2.24) is 10.2 Å². The van der Waals surface area contributed by atoms with Gasteiger partial charge < -0.3 is 15.5 Å². The number of hydrogen-bond acceptors (Lipinski definition) is 3. The minimum absolute atomic E-state index is 0.0844. The van der Waals surface area contributed by atoms with Crippen molar-refractivity contribution < 1.29 is 9.59 Å². The molecule has 0 bridgehead atoms. The first-order valence-corrected chi connectivity index (χ1v) is 11.2. The largest absolute Gasteiger partial charge is 0.350 e. The van der Waals surface area contributed by atoms with Crippen LogP contribution in [-0.2, 0) is 4.79 Å². The number of benzene rings is 2. The second-order valence-electron chi connectivity index (χ2n) is 7.47. The van der Waals surface area contributed by atoms with E-state index in [2.05, 4.69) is 28.8 Å². The Bertz CT molecular complexity index is 1040. The molecule has 3 aromatic rings. The van der Waals surface area contributed by atoms with E-state index in [0.717, 1.165) is 23.4 Å². The van der Waals surface area contributed by atoms with Gasteiger partial charge in [-0.05, 0) is 48.7 Å². The Labute approximate surface area is 186 Å². The second-order valence-corrected chi connectivity index (χ2v) is 8.58. The molecule has 1 aliphatic heterocycles. The Morgan fingerprint density at radius 1 is 0.903 bits per heavy atom. The molecule has 2 heterocycles. The van der Waals surface area contributed by atoms with E-state index in [1.165, 1.54) is 10.4 Å². The van der Waals surface area contributed by atoms with Gasteiger partial charge in [0.05, 0.1) is 0 Å². The van der Waals surface area contributed by atoms with Crippen LogP contribution in [-0.4, -0.2) is 36.0 Å². The highest BCUT2D eigenvalue weighted by molar-refractivity contribution is 7.16. The van der Waals surface area contributed by atoms with Crippen molar-refractivity contribution in [2.75, 3.05) is 18.4 Å². The van der Waals surface area contributed by atoms with Gasteiger partial charge in [0.1, 0.15) is 0 Å². The summed E-state index contributed by atoms with van der Waals surface area (Å²) in [6.45, 7) is 1.25. The number of amides is 3. The van der Waals surface area contributed by atoms with E-state index in [-0.39, 0.29) is 18.0 Å². The summed E-state index contributed by atoms with van der Waals surface area (Å²) in [7, 11) is 0. The molecular formula is C25H25N3O2S. The average molecular weight is 432 g/mol. The lowest BCUT2D eigenvalue weighted by Gasteiger charge is -2.32. The van der Waals surface area contributed by atoms with Gasteiger partial charge in [-0.2, -0.15) is 0 Å². The minimum Gasteiger partial charge on any atom is -0.350 e. The molecule has 2 aromatic carbocycles. The first-order valence-electron chi connectivity index (χ1n) is 10.4. The summed E-state index contributed by atoms with van der Waals surface area (Å²) < 4.78 is 0. The number of hydrogen-bond donors (Lipinski definition) is 2. The van der Waals surface area contributed by atoms with Gasteiger partial charge in [-0.3, -0.25) is 4.79 Å².